The molecule has 0 fully saturated rings. The monoisotopic (exact) mass is 252 g/mol. The quantitative estimate of drug-likeness (QED) is 0.636. The fraction of sp³-hybridized carbons (Fsp3) is 0.462. The Balaban J connectivity index is 2.23. The molecule has 0 aliphatic rings. The second-order valence-electron chi connectivity index (χ2n) is 4.81. The first kappa shape index (κ1) is 14.2. The Labute approximate surface area is 107 Å². The van der Waals surface area contributed by atoms with Gasteiger partial charge in [0.05, 0.1) is 12.2 Å². The maximum atomic E-state index is 11.3. The Bertz CT molecular complexity index is 399. The van der Waals surface area contributed by atoms with Gasteiger partial charge in [0.25, 0.3) is 0 Å². The molecule has 5 heteroatoms. The number of benzene rings is 1. The number of carbonyl (C=O) groups excluding carboxylic acids is 1. The maximum absolute atomic E-state index is 11.3. The first-order chi connectivity index (χ1) is 8.38. The van der Waals surface area contributed by atoms with E-state index in [0.29, 0.717) is 24.6 Å². The molecule has 0 atom stereocenters. The largest absolute Gasteiger partial charge is 0.490 e. The number of nitrogen functional groups attached to an aromatic ring is 1. The van der Waals surface area contributed by atoms with Crippen molar-refractivity contribution in [3.63, 3.8) is 0 Å². The molecule has 0 aliphatic heterocycles. The number of hydrogen-bond acceptors (Lipinski definition) is 4. The highest BCUT2D eigenvalue weighted by molar-refractivity contribution is 5.67. The van der Waals surface area contributed by atoms with Crippen LogP contribution in [0.5, 0.6) is 5.75 Å². The molecule has 1 aromatic rings. The van der Waals surface area contributed by atoms with Crippen LogP contribution in [0.1, 0.15) is 20.8 Å². The van der Waals surface area contributed by atoms with Crippen LogP contribution in [0, 0.1) is 0 Å². The molecule has 0 bridgehead atoms. The van der Waals surface area contributed by atoms with E-state index in [1.807, 2.05) is 32.9 Å². The van der Waals surface area contributed by atoms with Gasteiger partial charge in [-0.2, -0.15) is 0 Å². The first-order valence-corrected chi connectivity index (χ1v) is 5.82. The molecular formula is C13H20N2O3. The van der Waals surface area contributed by atoms with Crippen molar-refractivity contribution < 1.29 is 14.3 Å². The molecule has 0 heterocycles. The highest BCUT2D eigenvalue weighted by Gasteiger charge is 2.15. The molecule has 0 aromatic heterocycles. The molecule has 1 amide bonds. The summed E-state index contributed by atoms with van der Waals surface area (Å²) >= 11 is 0. The summed E-state index contributed by atoms with van der Waals surface area (Å²) in [6.45, 7) is 6.14. The van der Waals surface area contributed by atoms with Crippen molar-refractivity contribution >= 4 is 11.8 Å². The van der Waals surface area contributed by atoms with E-state index >= 15 is 0 Å². The summed E-state index contributed by atoms with van der Waals surface area (Å²) in [6.07, 6.45) is -0.452. The Hall–Kier alpha value is -1.91. The molecule has 18 heavy (non-hydrogen) atoms. The third-order valence-corrected chi connectivity index (χ3v) is 1.95. The Morgan fingerprint density at radius 2 is 2.00 bits per heavy atom. The number of anilines is 1. The van der Waals surface area contributed by atoms with Gasteiger partial charge in [-0.25, -0.2) is 4.79 Å². The van der Waals surface area contributed by atoms with Crippen LogP contribution >= 0.6 is 0 Å². The summed E-state index contributed by atoms with van der Waals surface area (Å²) in [4.78, 5) is 11.3. The summed E-state index contributed by atoms with van der Waals surface area (Å²) in [5, 5.41) is 2.60. The van der Waals surface area contributed by atoms with E-state index in [0.717, 1.165) is 0 Å². The summed E-state index contributed by atoms with van der Waals surface area (Å²) < 4.78 is 10.5. The molecule has 0 saturated carbocycles. The highest BCUT2D eigenvalue weighted by atomic mass is 16.6. The van der Waals surface area contributed by atoms with Gasteiger partial charge in [-0.1, -0.05) is 12.1 Å². The Morgan fingerprint density at radius 3 is 2.61 bits per heavy atom. The lowest BCUT2D eigenvalue weighted by molar-refractivity contribution is 0.0520. The molecule has 0 saturated heterocycles. The van der Waals surface area contributed by atoms with Gasteiger partial charge in [0, 0.05) is 0 Å². The van der Waals surface area contributed by atoms with Crippen LogP contribution in [0.15, 0.2) is 24.3 Å². The lowest BCUT2D eigenvalue weighted by atomic mass is 10.2. The number of nitrogens with two attached hydrogens (primary N) is 1. The third-order valence-electron chi connectivity index (χ3n) is 1.95. The molecule has 1 aromatic carbocycles. The number of para-hydroxylation sites is 2. The first-order valence-electron chi connectivity index (χ1n) is 5.82. The van der Waals surface area contributed by atoms with Gasteiger partial charge >= 0.3 is 6.09 Å². The molecule has 5 nitrogen and oxygen atoms in total. The number of hydrogen-bond donors (Lipinski definition) is 2. The van der Waals surface area contributed by atoms with Crippen LogP contribution in [0.3, 0.4) is 0 Å². The van der Waals surface area contributed by atoms with E-state index in [-0.39, 0.29) is 0 Å². The summed E-state index contributed by atoms with van der Waals surface area (Å²) in [5.74, 6) is 0.614. The van der Waals surface area contributed by atoms with Crippen LogP contribution in [0.2, 0.25) is 0 Å². The number of rotatable bonds is 4. The SMILES string of the molecule is CC(C)(C)OC(=O)NCCOc1ccccc1N. The van der Waals surface area contributed by atoms with Crippen molar-refractivity contribution in [2.24, 2.45) is 0 Å². The average Bonchev–Trinajstić information content (AvgIpc) is 2.24. The second-order valence-corrected chi connectivity index (χ2v) is 4.81. The molecule has 0 radical (unpaired) electrons. The smallest absolute Gasteiger partial charge is 0.407 e. The van der Waals surface area contributed by atoms with Crippen molar-refractivity contribution in [2.45, 2.75) is 26.4 Å². The number of alkyl carbamates (subject to hydrolysis) is 1. The van der Waals surface area contributed by atoms with Crippen molar-refractivity contribution in [2.75, 3.05) is 18.9 Å². The Morgan fingerprint density at radius 1 is 1.33 bits per heavy atom. The molecule has 0 unspecified atom stereocenters. The minimum Gasteiger partial charge on any atom is -0.490 e. The van der Waals surface area contributed by atoms with Crippen molar-refractivity contribution in [1.29, 1.82) is 0 Å². The van der Waals surface area contributed by atoms with Crippen LogP contribution in [-0.2, 0) is 4.74 Å². The zero-order valence-electron chi connectivity index (χ0n) is 11.0. The second kappa shape index (κ2) is 6.14. The zero-order valence-corrected chi connectivity index (χ0v) is 11.0. The molecule has 100 valence electrons. The molecule has 0 aliphatic carbocycles. The van der Waals surface area contributed by atoms with E-state index in [9.17, 15) is 4.79 Å². The molecule has 1 rings (SSSR count). The van der Waals surface area contributed by atoms with E-state index in [2.05, 4.69) is 5.32 Å². The van der Waals surface area contributed by atoms with Crippen molar-refractivity contribution in [3.8, 4) is 5.75 Å². The van der Waals surface area contributed by atoms with Crippen LogP contribution in [-0.4, -0.2) is 24.8 Å². The van der Waals surface area contributed by atoms with E-state index in [4.69, 9.17) is 15.2 Å². The van der Waals surface area contributed by atoms with E-state index < -0.39 is 11.7 Å². The number of nitrogens with one attached hydrogen (secondary N) is 1. The third kappa shape index (κ3) is 5.43. The Kier molecular flexibility index (Phi) is 4.83. The molecule has 0 spiro atoms. The van der Waals surface area contributed by atoms with Crippen molar-refractivity contribution in [3.05, 3.63) is 24.3 Å². The minimum atomic E-state index is -0.491. The van der Waals surface area contributed by atoms with Crippen LogP contribution in [0.25, 0.3) is 0 Å². The lowest BCUT2D eigenvalue weighted by Gasteiger charge is -2.19. The predicted molar refractivity (Wildman–Crippen MR) is 70.6 cm³/mol. The van der Waals surface area contributed by atoms with Crippen molar-refractivity contribution in [1.82, 2.24) is 5.32 Å². The van der Waals surface area contributed by atoms with Gasteiger partial charge in [0.1, 0.15) is 18.0 Å². The van der Waals surface area contributed by atoms with Gasteiger partial charge in [-0.3, -0.25) is 0 Å². The number of amides is 1. The summed E-state index contributed by atoms with van der Waals surface area (Å²) in [6, 6.07) is 7.22. The van der Waals surface area contributed by atoms with Gasteiger partial charge < -0.3 is 20.5 Å². The van der Waals surface area contributed by atoms with E-state index in [1.165, 1.54) is 0 Å². The molecular weight excluding hydrogens is 232 g/mol. The van der Waals surface area contributed by atoms with Crippen LogP contribution in [0.4, 0.5) is 10.5 Å². The van der Waals surface area contributed by atoms with Gasteiger partial charge in [-0.15, -0.1) is 0 Å². The average molecular weight is 252 g/mol. The maximum Gasteiger partial charge on any atom is 0.407 e. The summed E-state index contributed by atoms with van der Waals surface area (Å²) in [5.41, 5.74) is 5.80. The molecule has 3 N–H and O–H groups in total. The normalized spacial score (nSPS) is 10.8. The number of ether oxygens (including phenoxy) is 2. The predicted octanol–water partition coefficient (Wildman–Crippen LogP) is 2.17. The van der Waals surface area contributed by atoms with Crippen LogP contribution < -0.4 is 15.8 Å². The van der Waals surface area contributed by atoms with Gasteiger partial charge in [-0.05, 0) is 32.9 Å². The van der Waals surface area contributed by atoms with Gasteiger partial charge in [0.15, 0.2) is 0 Å². The minimum absolute atomic E-state index is 0.341. The van der Waals surface area contributed by atoms with E-state index in [1.54, 1.807) is 12.1 Å². The standard InChI is InChI=1S/C13H20N2O3/c1-13(2,3)18-12(16)15-8-9-17-11-7-5-4-6-10(11)14/h4-7H,8-9,14H2,1-3H3,(H,15,16). The number of carbonyl (C=O) groups is 1. The lowest BCUT2D eigenvalue weighted by Crippen LogP contribution is -2.34. The fourth-order valence-electron chi connectivity index (χ4n) is 1.24. The fourth-order valence-corrected chi connectivity index (χ4v) is 1.24. The topological polar surface area (TPSA) is 73.6 Å². The highest BCUT2D eigenvalue weighted by Crippen LogP contribution is 2.19. The van der Waals surface area contributed by atoms with Gasteiger partial charge in [0.2, 0.25) is 0 Å². The summed E-state index contributed by atoms with van der Waals surface area (Å²) in [7, 11) is 0. The zero-order chi connectivity index (χ0) is 13.6.